The monoisotopic (exact) mass is 284 g/mol. The van der Waals surface area contributed by atoms with Gasteiger partial charge in [-0.15, -0.1) is 0 Å². The van der Waals surface area contributed by atoms with E-state index in [0.29, 0.717) is 18.8 Å². The SMILES string of the molecule is CC1CCCCCCCCCC(=O)OCCOC(=O)C1. The highest BCUT2D eigenvalue weighted by Crippen LogP contribution is 2.16. The smallest absolute Gasteiger partial charge is 0.306 e. The van der Waals surface area contributed by atoms with Gasteiger partial charge in [-0.05, 0) is 12.3 Å². The third-order valence-corrected chi connectivity index (χ3v) is 3.70. The van der Waals surface area contributed by atoms with E-state index in [2.05, 4.69) is 6.92 Å². The average molecular weight is 284 g/mol. The molecule has 0 aromatic heterocycles. The number of carbonyl (C=O) groups excluding carboxylic acids is 2. The fraction of sp³-hybridized carbons (Fsp3) is 0.875. The number of rotatable bonds is 0. The second-order valence-corrected chi connectivity index (χ2v) is 5.76. The van der Waals surface area contributed by atoms with Crippen LogP contribution < -0.4 is 0 Å². The minimum Gasteiger partial charge on any atom is -0.462 e. The third kappa shape index (κ3) is 8.94. The molecule has 1 rings (SSSR count). The van der Waals surface area contributed by atoms with Crippen LogP contribution in [0.1, 0.15) is 71.1 Å². The highest BCUT2D eigenvalue weighted by atomic mass is 16.6. The molecular weight excluding hydrogens is 256 g/mol. The molecule has 1 unspecified atom stereocenters. The van der Waals surface area contributed by atoms with Crippen LogP contribution >= 0.6 is 0 Å². The van der Waals surface area contributed by atoms with Crippen molar-refractivity contribution in [2.45, 2.75) is 71.1 Å². The summed E-state index contributed by atoms with van der Waals surface area (Å²) in [6.45, 7) is 2.45. The molecule has 0 radical (unpaired) electrons. The lowest BCUT2D eigenvalue weighted by Gasteiger charge is -2.11. The first-order chi connectivity index (χ1) is 9.68. The Balaban J connectivity index is 2.30. The van der Waals surface area contributed by atoms with Crippen molar-refractivity contribution in [3.05, 3.63) is 0 Å². The molecule has 0 saturated carbocycles. The third-order valence-electron chi connectivity index (χ3n) is 3.70. The lowest BCUT2D eigenvalue weighted by molar-refractivity contribution is -0.152. The molecule has 1 aliphatic heterocycles. The zero-order valence-electron chi connectivity index (χ0n) is 12.7. The summed E-state index contributed by atoms with van der Waals surface area (Å²) < 4.78 is 10.1. The zero-order chi connectivity index (χ0) is 14.6. The molecule has 0 aliphatic carbocycles. The minimum absolute atomic E-state index is 0.178. The number of hydrogen-bond donors (Lipinski definition) is 0. The van der Waals surface area contributed by atoms with E-state index in [9.17, 15) is 9.59 Å². The fourth-order valence-electron chi connectivity index (χ4n) is 2.47. The van der Waals surface area contributed by atoms with Gasteiger partial charge in [0.1, 0.15) is 13.2 Å². The van der Waals surface area contributed by atoms with E-state index in [-0.39, 0.29) is 25.2 Å². The van der Waals surface area contributed by atoms with Crippen LogP contribution in [0.2, 0.25) is 0 Å². The highest BCUT2D eigenvalue weighted by Gasteiger charge is 2.11. The van der Waals surface area contributed by atoms with Crippen LogP contribution in [0.4, 0.5) is 0 Å². The predicted octanol–water partition coefficient (Wildman–Crippen LogP) is 3.62. The highest BCUT2D eigenvalue weighted by molar-refractivity contribution is 5.70. The van der Waals surface area contributed by atoms with Crippen molar-refractivity contribution in [2.24, 2.45) is 5.92 Å². The van der Waals surface area contributed by atoms with Crippen molar-refractivity contribution in [1.29, 1.82) is 0 Å². The molecule has 4 heteroatoms. The van der Waals surface area contributed by atoms with E-state index < -0.39 is 0 Å². The summed E-state index contributed by atoms with van der Waals surface area (Å²) in [4.78, 5) is 23.0. The zero-order valence-corrected chi connectivity index (χ0v) is 12.7. The lowest BCUT2D eigenvalue weighted by atomic mass is 9.99. The van der Waals surface area contributed by atoms with E-state index in [0.717, 1.165) is 19.3 Å². The predicted molar refractivity (Wildman–Crippen MR) is 77.3 cm³/mol. The van der Waals surface area contributed by atoms with Gasteiger partial charge in [0.2, 0.25) is 0 Å². The Bertz CT molecular complexity index is 288. The summed E-state index contributed by atoms with van der Waals surface area (Å²) in [5.74, 6) is 0.0114. The van der Waals surface area contributed by atoms with Crippen molar-refractivity contribution in [3.63, 3.8) is 0 Å². The Labute approximate surface area is 122 Å². The normalized spacial score (nSPS) is 25.4. The largest absolute Gasteiger partial charge is 0.462 e. The first-order valence-corrected chi connectivity index (χ1v) is 7.99. The molecule has 1 atom stereocenters. The molecule has 20 heavy (non-hydrogen) atoms. The summed E-state index contributed by atoms with van der Waals surface area (Å²) in [7, 11) is 0. The first-order valence-electron chi connectivity index (χ1n) is 7.99. The molecule has 1 aliphatic rings. The Kier molecular flexibility index (Phi) is 9.09. The number of ether oxygens (including phenoxy) is 2. The Morgan fingerprint density at radius 2 is 1.35 bits per heavy atom. The van der Waals surface area contributed by atoms with Gasteiger partial charge in [-0.1, -0.05) is 51.9 Å². The second kappa shape index (κ2) is 10.7. The number of carbonyl (C=O) groups is 2. The van der Waals surface area contributed by atoms with Crippen LogP contribution in [0.15, 0.2) is 0 Å². The fourth-order valence-corrected chi connectivity index (χ4v) is 2.47. The molecule has 1 fully saturated rings. The molecule has 116 valence electrons. The van der Waals surface area contributed by atoms with Gasteiger partial charge in [0.05, 0.1) is 0 Å². The molecular formula is C16H28O4. The first kappa shape index (κ1) is 17.0. The van der Waals surface area contributed by atoms with Crippen LogP contribution in [0.3, 0.4) is 0 Å². The quantitative estimate of drug-likeness (QED) is 0.637. The van der Waals surface area contributed by atoms with Gasteiger partial charge < -0.3 is 9.47 Å². The number of cyclic esters (lactones) is 2. The molecule has 0 spiro atoms. The summed E-state index contributed by atoms with van der Waals surface area (Å²) in [5, 5.41) is 0. The Morgan fingerprint density at radius 1 is 0.800 bits per heavy atom. The molecule has 0 aromatic carbocycles. The van der Waals surface area contributed by atoms with Gasteiger partial charge in [0.25, 0.3) is 0 Å². The van der Waals surface area contributed by atoms with Crippen molar-refractivity contribution >= 4 is 11.9 Å². The maximum Gasteiger partial charge on any atom is 0.306 e. The van der Waals surface area contributed by atoms with Crippen LogP contribution in [0.25, 0.3) is 0 Å². The van der Waals surface area contributed by atoms with Crippen molar-refractivity contribution in [1.82, 2.24) is 0 Å². The van der Waals surface area contributed by atoms with Gasteiger partial charge in [0.15, 0.2) is 0 Å². The molecule has 0 amide bonds. The summed E-state index contributed by atoms with van der Waals surface area (Å²) in [5.41, 5.74) is 0. The molecule has 0 bridgehead atoms. The van der Waals surface area contributed by atoms with Crippen LogP contribution in [0.5, 0.6) is 0 Å². The van der Waals surface area contributed by atoms with Crippen LogP contribution in [-0.4, -0.2) is 25.2 Å². The van der Waals surface area contributed by atoms with Gasteiger partial charge in [-0.3, -0.25) is 9.59 Å². The molecule has 1 heterocycles. The van der Waals surface area contributed by atoms with E-state index >= 15 is 0 Å². The lowest BCUT2D eigenvalue weighted by Crippen LogP contribution is -2.15. The number of esters is 2. The van der Waals surface area contributed by atoms with E-state index in [4.69, 9.17) is 9.47 Å². The molecule has 4 nitrogen and oxygen atoms in total. The van der Waals surface area contributed by atoms with Crippen LogP contribution in [-0.2, 0) is 19.1 Å². The molecule has 0 aromatic rings. The van der Waals surface area contributed by atoms with E-state index in [1.807, 2.05) is 0 Å². The molecule has 0 N–H and O–H groups in total. The van der Waals surface area contributed by atoms with Gasteiger partial charge in [-0.2, -0.15) is 0 Å². The Hall–Kier alpha value is -1.06. The average Bonchev–Trinajstić information content (AvgIpc) is 2.41. The number of hydrogen-bond acceptors (Lipinski definition) is 4. The van der Waals surface area contributed by atoms with Crippen LogP contribution in [0, 0.1) is 5.92 Å². The summed E-state index contributed by atoms with van der Waals surface area (Å²) in [6, 6.07) is 0. The van der Waals surface area contributed by atoms with Gasteiger partial charge in [-0.25, -0.2) is 0 Å². The summed E-state index contributed by atoms with van der Waals surface area (Å²) in [6.07, 6.45) is 10.1. The molecule has 1 saturated heterocycles. The Morgan fingerprint density at radius 3 is 2.05 bits per heavy atom. The van der Waals surface area contributed by atoms with Gasteiger partial charge in [0, 0.05) is 12.8 Å². The van der Waals surface area contributed by atoms with Crippen molar-refractivity contribution in [3.8, 4) is 0 Å². The van der Waals surface area contributed by atoms with Gasteiger partial charge >= 0.3 is 11.9 Å². The van der Waals surface area contributed by atoms with E-state index in [1.54, 1.807) is 0 Å². The van der Waals surface area contributed by atoms with Crippen molar-refractivity contribution in [2.75, 3.05) is 13.2 Å². The maximum absolute atomic E-state index is 11.6. The van der Waals surface area contributed by atoms with Crippen molar-refractivity contribution < 1.29 is 19.1 Å². The maximum atomic E-state index is 11.6. The topological polar surface area (TPSA) is 52.6 Å². The van der Waals surface area contributed by atoms with E-state index in [1.165, 1.54) is 32.1 Å². The second-order valence-electron chi connectivity index (χ2n) is 5.76. The summed E-state index contributed by atoms with van der Waals surface area (Å²) >= 11 is 0. The standard InChI is InChI=1S/C16H28O4/c1-14-9-7-5-3-2-4-6-8-10-15(17)19-11-12-20-16(18)13-14/h14H,2-13H2,1H3. The minimum atomic E-state index is -0.183.